The molecule has 0 atom stereocenters. The number of hydrogen-bond acceptors (Lipinski definition) is 1. The first-order valence-corrected chi connectivity index (χ1v) is 15.8. The van der Waals surface area contributed by atoms with E-state index in [-0.39, 0.29) is 0 Å². The van der Waals surface area contributed by atoms with Gasteiger partial charge in [-0.25, -0.2) is 0 Å². The third-order valence-corrected chi connectivity index (χ3v) is 8.41. The molecular formula is C44H36N2. The Bertz CT molecular complexity index is 2090. The van der Waals surface area contributed by atoms with E-state index in [1.807, 2.05) is 0 Å². The van der Waals surface area contributed by atoms with E-state index in [4.69, 9.17) is 0 Å². The van der Waals surface area contributed by atoms with Crippen molar-refractivity contribution in [1.82, 2.24) is 4.57 Å². The third kappa shape index (κ3) is 6.20. The van der Waals surface area contributed by atoms with Crippen molar-refractivity contribution in [2.24, 2.45) is 0 Å². The molecule has 0 N–H and O–H groups in total. The van der Waals surface area contributed by atoms with Gasteiger partial charge in [-0.2, -0.15) is 0 Å². The molecule has 222 valence electrons. The maximum atomic E-state index is 2.36. The lowest BCUT2D eigenvalue weighted by atomic mass is 10.0. The smallest absolute Gasteiger partial charge is 0.0541 e. The highest BCUT2D eigenvalue weighted by molar-refractivity contribution is 6.09. The van der Waals surface area contributed by atoms with Crippen molar-refractivity contribution in [3.63, 3.8) is 0 Å². The second kappa shape index (κ2) is 13.4. The van der Waals surface area contributed by atoms with Gasteiger partial charge in [-0.05, 0) is 72.1 Å². The lowest BCUT2D eigenvalue weighted by molar-refractivity contribution is 0.974. The van der Waals surface area contributed by atoms with Gasteiger partial charge in [-0.1, -0.05) is 145 Å². The molecule has 7 aromatic carbocycles. The Kier molecular flexibility index (Phi) is 8.43. The molecule has 1 heterocycles. The zero-order valence-electron chi connectivity index (χ0n) is 26.0. The van der Waals surface area contributed by atoms with E-state index < -0.39 is 0 Å². The molecule has 0 fully saturated rings. The summed E-state index contributed by atoms with van der Waals surface area (Å²) in [7, 11) is 0. The van der Waals surface area contributed by atoms with E-state index >= 15 is 0 Å². The fourth-order valence-electron chi connectivity index (χ4n) is 6.06. The molecule has 8 aromatic rings. The summed E-state index contributed by atoms with van der Waals surface area (Å²) < 4.78 is 2.32. The fourth-order valence-corrected chi connectivity index (χ4v) is 6.06. The van der Waals surface area contributed by atoms with E-state index in [2.05, 4.69) is 204 Å². The number of rotatable bonds is 6. The molecule has 0 spiro atoms. The van der Waals surface area contributed by atoms with Crippen molar-refractivity contribution >= 4 is 33.2 Å². The molecule has 0 unspecified atom stereocenters. The van der Waals surface area contributed by atoms with Crippen molar-refractivity contribution in [2.45, 2.75) is 13.5 Å². The molecule has 0 saturated heterocycles. The highest BCUT2D eigenvalue weighted by Crippen LogP contribution is 2.32. The number of nitrogens with zero attached hydrogens (tertiary/aromatic N) is 2. The second-order valence-corrected chi connectivity index (χ2v) is 11.5. The minimum atomic E-state index is 0.842. The molecule has 0 saturated carbocycles. The monoisotopic (exact) mass is 592 g/mol. The standard InChI is InChI=1S/C26H23N.C18H13N/c1-21-12-14-22(15-13-21)20-27(25-10-6-3-7-11-25)26-18-16-24(17-19-26)23-8-4-2-5-9-23;1-2-8-14(9-3-1)19-17-12-6-4-10-15(17)16-11-5-7-13-18(16)19/h2-19H,20H2,1H3;1-13H. The highest BCUT2D eigenvalue weighted by Gasteiger charge is 2.12. The molecule has 8 rings (SSSR count). The average Bonchev–Trinajstić information content (AvgIpc) is 3.47. The molecule has 0 aliphatic heterocycles. The van der Waals surface area contributed by atoms with Crippen LogP contribution in [0.2, 0.25) is 0 Å². The van der Waals surface area contributed by atoms with Gasteiger partial charge in [-0.3, -0.25) is 0 Å². The highest BCUT2D eigenvalue weighted by atomic mass is 15.1. The van der Waals surface area contributed by atoms with E-state index in [9.17, 15) is 0 Å². The Morgan fingerprint density at radius 1 is 0.413 bits per heavy atom. The molecule has 2 heteroatoms. The summed E-state index contributed by atoms with van der Waals surface area (Å²) in [6.45, 7) is 2.97. The molecule has 0 aliphatic carbocycles. The summed E-state index contributed by atoms with van der Waals surface area (Å²) in [5.41, 5.74) is 11.2. The summed E-state index contributed by atoms with van der Waals surface area (Å²) in [4.78, 5) is 2.36. The normalized spacial score (nSPS) is 10.8. The van der Waals surface area contributed by atoms with Crippen molar-refractivity contribution in [3.8, 4) is 16.8 Å². The molecule has 2 nitrogen and oxygen atoms in total. The van der Waals surface area contributed by atoms with E-state index in [0.29, 0.717) is 0 Å². The van der Waals surface area contributed by atoms with Gasteiger partial charge in [-0.15, -0.1) is 0 Å². The summed E-state index contributed by atoms with van der Waals surface area (Å²) in [6, 6.07) is 66.4. The van der Waals surface area contributed by atoms with Crippen LogP contribution in [-0.2, 0) is 6.54 Å². The maximum Gasteiger partial charge on any atom is 0.0541 e. The van der Waals surface area contributed by atoms with Crippen LogP contribution in [0.3, 0.4) is 0 Å². The van der Waals surface area contributed by atoms with E-state index in [0.717, 1.165) is 6.54 Å². The van der Waals surface area contributed by atoms with Gasteiger partial charge in [0.2, 0.25) is 0 Å². The summed E-state index contributed by atoms with van der Waals surface area (Å²) >= 11 is 0. The second-order valence-electron chi connectivity index (χ2n) is 11.5. The van der Waals surface area contributed by atoms with Gasteiger partial charge in [0.1, 0.15) is 0 Å². The zero-order valence-corrected chi connectivity index (χ0v) is 26.0. The number of aromatic nitrogens is 1. The van der Waals surface area contributed by atoms with Crippen molar-refractivity contribution in [3.05, 3.63) is 199 Å². The Balaban J connectivity index is 0.000000156. The Morgan fingerprint density at radius 2 is 0.870 bits per heavy atom. The van der Waals surface area contributed by atoms with Crippen LogP contribution in [-0.4, -0.2) is 4.57 Å². The first kappa shape index (κ1) is 28.9. The Labute approximate surface area is 271 Å². The summed E-state index contributed by atoms with van der Waals surface area (Å²) in [5, 5.41) is 2.61. The number of para-hydroxylation sites is 4. The number of aryl methyl sites for hydroxylation is 1. The van der Waals surface area contributed by atoms with Crippen LogP contribution in [0.1, 0.15) is 11.1 Å². The zero-order chi connectivity index (χ0) is 31.1. The largest absolute Gasteiger partial charge is 0.337 e. The Morgan fingerprint density at radius 3 is 1.46 bits per heavy atom. The molecule has 0 aliphatic rings. The van der Waals surface area contributed by atoms with Gasteiger partial charge >= 0.3 is 0 Å². The van der Waals surface area contributed by atoms with Crippen LogP contribution in [0.15, 0.2) is 188 Å². The topological polar surface area (TPSA) is 8.17 Å². The molecule has 0 amide bonds. The van der Waals surface area contributed by atoms with E-state index in [1.54, 1.807) is 0 Å². The molecular weight excluding hydrogens is 556 g/mol. The Hall–Kier alpha value is -5.86. The van der Waals surface area contributed by atoms with Gasteiger partial charge in [0.25, 0.3) is 0 Å². The minimum Gasteiger partial charge on any atom is -0.337 e. The lowest BCUT2D eigenvalue weighted by Gasteiger charge is -2.25. The molecule has 46 heavy (non-hydrogen) atoms. The van der Waals surface area contributed by atoms with Crippen molar-refractivity contribution in [1.29, 1.82) is 0 Å². The van der Waals surface area contributed by atoms with Gasteiger partial charge in [0.15, 0.2) is 0 Å². The van der Waals surface area contributed by atoms with E-state index in [1.165, 1.54) is 61.1 Å². The van der Waals surface area contributed by atoms with Gasteiger partial charge < -0.3 is 9.47 Å². The van der Waals surface area contributed by atoms with Gasteiger partial charge in [0, 0.05) is 34.4 Å². The van der Waals surface area contributed by atoms with Crippen LogP contribution in [0.4, 0.5) is 11.4 Å². The van der Waals surface area contributed by atoms with Crippen molar-refractivity contribution < 1.29 is 0 Å². The minimum absolute atomic E-state index is 0.842. The number of anilines is 2. The quantitative estimate of drug-likeness (QED) is 0.186. The predicted molar refractivity (Wildman–Crippen MR) is 196 cm³/mol. The maximum absolute atomic E-state index is 2.36. The number of fused-ring (bicyclic) bond motifs is 3. The molecule has 1 aromatic heterocycles. The lowest BCUT2D eigenvalue weighted by Crippen LogP contribution is -2.16. The first-order valence-electron chi connectivity index (χ1n) is 15.8. The van der Waals surface area contributed by atoms with Crippen LogP contribution in [0.25, 0.3) is 38.6 Å². The summed E-state index contributed by atoms with van der Waals surface area (Å²) in [5.74, 6) is 0. The number of hydrogen-bond donors (Lipinski definition) is 0. The first-order chi connectivity index (χ1) is 22.7. The van der Waals surface area contributed by atoms with Crippen LogP contribution in [0, 0.1) is 6.92 Å². The van der Waals surface area contributed by atoms with Gasteiger partial charge in [0.05, 0.1) is 11.0 Å². The SMILES string of the molecule is Cc1ccc(CN(c2ccccc2)c2ccc(-c3ccccc3)cc2)cc1.c1ccc(-n2c3ccccc3c3ccccc32)cc1. The fraction of sp³-hybridized carbons (Fsp3) is 0.0455. The molecule has 0 radical (unpaired) electrons. The van der Waals surface area contributed by atoms with Crippen molar-refractivity contribution in [2.75, 3.05) is 4.90 Å². The van der Waals surface area contributed by atoms with Crippen LogP contribution in [0.5, 0.6) is 0 Å². The third-order valence-electron chi connectivity index (χ3n) is 8.41. The van der Waals surface area contributed by atoms with Crippen LogP contribution >= 0.6 is 0 Å². The molecule has 0 bridgehead atoms. The predicted octanol–water partition coefficient (Wildman–Crippen LogP) is 11.8. The number of benzene rings is 7. The summed E-state index contributed by atoms with van der Waals surface area (Å²) in [6.07, 6.45) is 0. The van der Waals surface area contributed by atoms with Crippen LogP contribution < -0.4 is 4.90 Å². The average molecular weight is 593 g/mol.